The van der Waals surface area contributed by atoms with Crippen molar-refractivity contribution >= 4 is 38.4 Å². The molecule has 0 aliphatic carbocycles. The summed E-state index contributed by atoms with van der Waals surface area (Å²) >= 11 is 9.58. The van der Waals surface area contributed by atoms with Crippen molar-refractivity contribution in [2.45, 2.75) is 6.04 Å². The summed E-state index contributed by atoms with van der Waals surface area (Å²) in [5.41, 5.74) is 3.32. The quantitative estimate of drug-likeness (QED) is 0.713. The number of benzene rings is 2. The smallest absolute Gasteiger partial charge is 0.0753 e. The first-order valence-electron chi connectivity index (χ1n) is 6.66. The van der Waals surface area contributed by atoms with Crippen molar-refractivity contribution in [1.29, 1.82) is 0 Å². The average Bonchev–Trinajstić information content (AvgIpc) is 2.52. The molecule has 1 unspecified atom stereocenters. The van der Waals surface area contributed by atoms with E-state index in [0.717, 1.165) is 26.5 Å². The second-order valence-electron chi connectivity index (χ2n) is 4.82. The Labute approximate surface area is 137 Å². The zero-order chi connectivity index (χ0) is 14.8. The van der Waals surface area contributed by atoms with Gasteiger partial charge in [0, 0.05) is 16.1 Å². The molecule has 0 fully saturated rings. The lowest BCUT2D eigenvalue weighted by molar-refractivity contribution is 0.695. The molecule has 0 saturated heterocycles. The molecule has 0 amide bonds. The van der Waals surface area contributed by atoms with Crippen LogP contribution in [0.4, 0.5) is 0 Å². The number of aromatic nitrogens is 1. The molecular formula is C17H14BrClN2. The number of hydrogen-bond donors (Lipinski definition) is 1. The fourth-order valence-electron chi connectivity index (χ4n) is 2.55. The molecule has 0 spiro atoms. The van der Waals surface area contributed by atoms with Crippen LogP contribution in [0.25, 0.3) is 10.9 Å². The third-order valence-electron chi connectivity index (χ3n) is 3.54. The van der Waals surface area contributed by atoms with Gasteiger partial charge in [-0.25, -0.2) is 0 Å². The summed E-state index contributed by atoms with van der Waals surface area (Å²) in [6, 6.07) is 16.3. The van der Waals surface area contributed by atoms with Crippen LogP contribution in [0.3, 0.4) is 0 Å². The van der Waals surface area contributed by atoms with Crippen LogP contribution in [0, 0.1) is 0 Å². The van der Waals surface area contributed by atoms with Gasteiger partial charge in [-0.15, -0.1) is 0 Å². The van der Waals surface area contributed by atoms with E-state index in [2.05, 4.69) is 50.5 Å². The highest BCUT2D eigenvalue weighted by molar-refractivity contribution is 9.10. The highest BCUT2D eigenvalue weighted by atomic mass is 79.9. The molecule has 106 valence electrons. The topological polar surface area (TPSA) is 24.9 Å². The molecule has 0 radical (unpaired) electrons. The molecule has 1 heterocycles. The van der Waals surface area contributed by atoms with Gasteiger partial charge in [-0.3, -0.25) is 4.98 Å². The molecule has 1 aromatic heterocycles. The first kappa shape index (κ1) is 14.5. The second-order valence-corrected chi connectivity index (χ2v) is 6.08. The minimum Gasteiger partial charge on any atom is -0.309 e. The van der Waals surface area contributed by atoms with Crippen LogP contribution in [0.1, 0.15) is 17.2 Å². The van der Waals surface area contributed by atoms with E-state index in [1.54, 1.807) is 0 Å². The Morgan fingerprint density at radius 1 is 1.14 bits per heavy atom. The molecular weight excluding hydrogens is 348 g/mol. The molecule has 3 aromatic rings. The molecule has 2 nitrogen and oxygen atoms in total. The minimum atomic E-state index is 0.0668. The Hall–Kier alpha value is -1.42. The number of halogens is 2. The first-order valence-corrected chi connectivity index (χ1v) is 7.83. The van der Waals surface area contributed by atoms with E-state index in [1.165, 1.54) is 0 Å². The maximum absolute atomic E-state index is 6.09. The van der Waals surface area contributed by atoms with Gasteiger partial charge in [0.15, 0.2) is 0 Å². The zero-order valence-electron chi connectivity index (χ0n) is 11.5. The normalized spacial score (nSPS) is 12.5. The third-order valence-corrected chi connectivity index (χ3v) is 4.75. The number of para-hydroxylation sites is 1. The predicted octanol–water partition coefficient (Wildman–Crippen LogP) is 4.96. The van der Waals surface area contributed by atoms with Gasteiger partial charge in [-0.2, -0.15) is 0 Å². The lowest BCUT2D eigenvalue weighted by atomic mass is 9.96. The molecule has 4 heteroatoms. The summed E-state index contributed by atoms with van der Waals surface area (Å²) in [6.07, 6.45) is 1.83. The molecule has 3 rings (SSSR count). The Bertz CT molecular complexity index is 783. The van der Waals surface area contributed by atoms with E-state index in [0.29, 0.717) is 5.02 Å². The summed E-state index contributed by atoms with van der Waals surface area (Å²) < 4.78 is 0.898. The molecule has 2 aromatic carbocycles. The summed E-state index contributed by atoms with van der Waals surface area (Å²) in [5.74, 6) is 0. The van der Waals surface area contributed by atoms with Gasteiger partial charge < -0.3 is 5.32 Å². The second kappa shape index (κ2) is 6.14. The van der Waals surface area contributed by atoms with Crippen LogP contribution in [-0.2, 0) is 0 Å². The van der Waals surface area contributed by atoms with Gasteiger partial charge in [0.05, 0.1) is 16.6 Å². The van der Waals surface area contributed by atoms with E-state index in [9.17, 15) is 0 Å². The van der Waals surface area contributed by atoms with E-state index >= 15 is 0 Å². The maximum Gasteiger partial charge on any atom is 0.0753 e. The van der Waals surface area contributed by atoms with E-state index in [4.69, 9.17) is 11.6 Å². The summed E-state index contributed by atoms with van der Waals surface area (Å²) in [7, 11) is 1.95. The van der Waals surface area contributed by atoms with Crippen LogP contribution in [-0.4, -0.2) is 12.0 Å². The highest BCUT2D eigenvalue weighted by Gasteiger charge is 2.16. The number of pyridine rings is 1. The largest absolute Gasteiger partial charge is 0.309 e. The first-order chi connectivity index (χ1) is 10.2. The van der Waals surface area contributed by atoms with Crippen molar-refractivity contribution in [3.05, 3.63) is 75.4 Å². The van der Waals surface area contributed by atoms with Crippen molar-refractivity contribution < 1.29 is 0 Å². The number of hydrogen-bond acceptors (Lipinski definition) is 2. The number of nitrogens with zero attached hydrogens (tertiary/aromatic N) is 1. The van der Waals surface area contributed by atoms with Crippen molar-refractivity contribution in [2.24, 2.45) is 0 Å². The van der Waals surface area contributed by atoms with Crippen LogP contribution >= 0.6 is 27.5 Å². The Morgan fingerprint density at radius 3 is 2.71 bits per heavy atom. The summed E-state index contributed by atoms with van der Waals surface area (Å²) in [5, 5.41) is 5.22. The fraction of sp³-hybridized carbons (Fsp3) is 0.118. The standard InChI is InChI=1S/C17H14BrClN2/c1-20-16(12-7-8-15(19)14(18)10-12)13-6-2-4-11-5-3-9-21-17(11)13/h2-10,16,20H,1H3. The van der Waals surface area contributed by atoms with Gasteiger partial charge >= 0.3 is 0 Å². The predicted molar refractivity (Wildman–Crippen MR) is 91.8 cm³/mol. The van der Waals surface area contributed by atoms with Gasteiger partial charge in [-0.1, -0.05) is 41.9 Å². The summed E-state index contributed by atoms with van der Waals surface area (Å²) in [6.45, 7) is 0. The molecule has 0 aliphatic rings. The SMILES string of the molecule is CNC(c1ccc(Cl)c(Br)c1)c1cccc2cccnc12. The fourth-order valence-corrected chi connectivity index (χ4v) is 3.07. The van der Waals surface area contributed by atoms with Crippen LogP contribution < -0.4 is 5.32 Å². The van der Waals surface area contributed by atoms with Crippen LogP contribution in [0.5, 0.6) is 0 Å². The van der Waals surface area contributed by atoms with Crippen LogP contribution in [0.2, 0.25) is 5.02 Å². The molecule has 1 atom stereocenters. The van der Waals surface area contributed by atoms with E-state index in [1.807, 2.05) is 37.5 Å². The minimum absolute atomic E-state index is 0.0668. The molecule has 0 bridgehead atoms. The third kappa shape index (κ3) is 2.82. The average molecular weight is 362 g/mol. The van der Waals surface area contributed by atoms with Crippen molar-refractivity contribution in [2.75, 3.05) is 7.05 Å². The van der Waals surface area contributed by atoms with E-state index < -0.39 is 0 Å². The monoisotopic (exact) mass is 360 g/mol. The van der Waals surface area contributed by atoms with Gasteiger partial charge in [0.25, 0.3) is 0 Å². The Morgan fingerprint density at radius 2 is 1.95 bits per heavy atom. The summed E-state index contributed by atoms with van der Waals surface area (Å²) in [4.78, 5) is 4.54. The lowest BCUT2D eigenvalue weighted by Crippen LogP contribution is -2.18. The van der Waals surface area contributed by atoms with E-state index in [-0.39, 0.29) is 6.04 Å². The lowest BCUT2D eigenvalue weighted by Gasteiger charge is -2.19. The molecule has 0 saturated carbocycles. The van der Waals surface area contributed by atoms with Gasteiger partial charge in [-0.05, 0) is 52.3 Å². The molecule has 21 heavy (non-hydrogen) atoms. The molecule has 1 N–H and O–H groups in total. The highest BCUT2D eigenvalue weighted by Crippen LogP contribution is 2.31. The van der Waals surface area contributed by atoms with Crippen molar-refractivity contribution in [3.8, 4) is 0 Å². The number of nitrogens with one attached hydrogen (secondary N) is 1. The number of fused-ring (bicyclic) bond motifs is 1. The van der Waals surface area contributed by atoms with Crippen molar-refractivity contribution in [3.63, 3.8) is 0 Å². The zero-order valence-corrected chi connectivity index (χ0v) is 13.8. The van der Waals surface area contributed by atoms with Gasteiger partial charge in [0.2, 0.25) is 0 Å². The number of rotatable bonds is 3. The Balaban J connectivity index is 2.16. The maximum atomic E-state index is 6.09. The van der Waals surface area contributed by atoms with Crippen molar-refractivity contribution in [1.82, 2.24) is 10.3 Å². The van der Waals surface area contributed by atoms with Gasteiger partial charge in [0.1, 0.15) is 0 Å². The Kier molecular flexibility index (Phi) is 4.24. The molecule has 0 aliphatic heterocycles. The van der Waals surface area contributed by atoms with Crippen LogP contribution in [0.15, 0.2) is 59.2 Å².